The summed E-state index contributed by atoms with van der Waals surface area (Å²) in [4.78, 5) is 0. The quantitative estimate of drug-likeness (QED) is 0.534. The summed E-state index contributed by atoms with van der Waals surface area (Å²) in [5, 5.41) is 18.9. The Morgan fingerprint density at radius 1 is 1.20 bits per heavy atom. The van der Waals surface area contributed by atoms with Crippen LogP contribution < -0.4 is 0 Å². The molecule has 1 aliphatic rings. The van der Waals surface area contributed by atoms with E-state index in [0.29, 0.717) is 25.9 Å². The lowest BCUT2D eigenvalue weighted by Crippen LogP contribution is -2.33. The molecule has 1 fully saturated rings. The van der Waals surface area contributed by atoms with Crippen molar-refractivity contribution in [3.63, 3.8) is 0 Å². The summed E-state index contributed by atoms with van der Waals surface area (Å²) >= 11 is 0. The first-order valence-corrected chi connectivity index (χ1v) is 3.91. The second kappa shape index (κ2) is 5.65. The molecule has 0 spiro atoms. The van der Waals surface area contributed by atoms with Crippen LogP contribution in [0.2, 0.25) is 0 Å². The van der Waals surface area contributed by atoms with Crippen LogP contribution in [0.5, 0.6) is 0 Å². The summed E-state index contributed by atoms with van der Waals surface area (Å²) in [6, 6.07) is 0. The molecule has 0 radical (unpaired) electrons. The van der Waals surface area contributed by atoms with E-state index in [-0.39, 0.29) is 6.10 Å². The Hall–Kier alpha value is -0.120. The molecule has 1 aliphatic heterocycles. The number of piperidine rings is 1. The zero-order valence-corrected chi connectivity index (χ0v) is 6.75. The first kappa shape index (κ1) is 9.88. The third-order valence-electron chi connectivity index (χ3n) is 1.44. The van der Waals surface area contributed by atoms with Crippen molar-refractivity contribution in [3.8, 4) is 0 Å². The molecule has 0 aromatic carbocycles. The van der Waals surface area contributed by atoms with Gasteiger partial charge in [-0.3, -0.25) is 0 Å². The SMILES string of the molecule is CC.OC1CCN(O)CC1. The molecule has 1 saturated heterocycles. The van der Waals surface area contributed by atoms with Crippen molar-refractivity contribution in [1.29, 1.82) is 0 Å². The smallest absolute Gasteiger partial charge is 0.0566 e. The van der Waals surface area contributed by atoms with Gasteiger partial charge in [-0.25, -0.2) is 0 Å². The van der Waals surface area contributed by atoms with Crippen LogP contribution in [0.15, 0.2) is 0 Å². The van der Waals surface area contributed by atoms with Gasteiger partial charge in [0.05, 0.1) is 6.10 Å². The van der Waals surface area contributed by atoms with E-state index >= 15 is 0 Å². The van der Waals surface area contributed by atoms with Crippen LogP contribution in [0.1, 0.15) is 26.7 Å². The summed E-state index contributed by atoms with van der Waals surface area (Å²) in [6.45, 7) is 5.22. The van der Waals surface area contributed by atoms with Crippen molar-refractivity contribution in [2.24, 2.45) is 0 Å². The van der Waals surface area contributed by atoms with Gasteiger partial charge < -0.3 is 10.3 Å². The summed E-state index contributed by atoms with van der Waals surface area (Å²) in [7, 11) is 0. The topological polar surface area (TPSA) is 43.7 Å². The van der Waals surface area contributed by atoms with Gasteiger partial charge in [-0.15, -0.1) is 0 Å². The highest BCUT2D eigenvalue weighted by Crippen LogP contribution is 2.06. The number of aliphatic hydroxyl groups excluding tert-OH is 1. The van der Waals surface area contributed by atoms with E-state index in [1.54, 1.807) is 0 Å². The van der Waals surface area contributed by atoms with Crippen LogP contribution in [0.25, 0.3) is 0 Å². The zero-order chi connectivity index (χ0) is 7.98. The van der Waals surface area contributed by atoms with Gasteiger partial charge in [0, 0.05) is 13.1 Å². The normalized spacial score (nSPS) is 21.6. The van der Waals surface area contributed by atoms with E-state index in [0.717, 1.165) is 0 Å². The predicted molar refractivity (Wildman–Crippen MR) is 39.9 cm³/mol. The maximum absolute atomic E-state index is 8.89. The molecule has 10 heavy (non-hydrogen) atoms. The average molecular weight is 147 g/mol. The Morgan fingerprint density at radius 3 is 1.90 bits per heavy atom. The van der Waals surface area contributed by atoms with Crippen molar-refractivity contribution in [1.82, 2.24) is 5.06 Å². The van der Waals surface area contributed by atoms with E-state index < -0.39 is 0 Å². The van der Waals surface area contributed by atoms with Crippen LogP contribution in [0.4, 0.5) is 0 Å². The third kappa shape index (κ3) is 3.82. The Morgan fingerprint density at radius 2 is 1.60 bits per heavy atom. The van der Waals surface area contributed by atoms with Gasteiger partial charge in [0.15, 0.2) is 0 Å². The highest BCUT2D eigenvalue weighted by atomic mass is 16.5. The van der Waals surface area contributed by atoms with Crippen LogP contribution >= 0.6 is 0 Å². The molecule has 0 atom stereocenters. The fourth-order valence-electron chi connectivity index (χ4n) is 0.852. The maximum Gasteiger partial charge on any atom is 0.0566 e. The first-order valence-electron chi connectivity index (χ1n) is 3.91. The predicted octanol–water partition coefficient (Wildman–Crippen LogP) is 0.859. The highest BCUT2D eigenvalue weighted by Gasteiger charge is 2.13. The summed E-state index contributed by atoms with van der Waals surface area (Å²) in [5.41, 5.74) is 0. The van der Waals surface area contributed by atoms with Crippen molar-refractivity contribution < 1.29 is 10.3 Å². The van der Waals surface area contributed by atoms with Crippen molar-refractivity contribution in [3.05, 3.63) is 0 Å². The Labute approximate surface area is 62.2 Å². The molecular weight excluding hydrogens is 130 g/mol. The monoisotopic (exact) mass is 147 g/mol. The van der Waals surface area contributed by atoms with Gasteiger partial charge in [-0.05, 0) is 12.8 Å². The van der Waals surface area contributed by atoms with E-state index in [4.69, 9.17) is 10.3 Å². The number of aliphatic hydroxyl groups is 1. The zero-order valence-electron chi connectivity index (χ0n) is 6.75. The highest BCUT2D eigenvalue weighted by molar-refractivity contribution is 4.64. The van der Waals surface area contributed by atoms with Gasteiger partial charge in [0.25, 0.3) is 0 Å². The number of hydrogen-bond acceptors (Lipinski definition) is 3. The minimum Gasteiger partial charge on any atom is -0.393 e. The summed E-state index contributed by atoms with van der Waals surface area (Å²) in [5.74, 6) is 0. The minimum atomic E-state index is -0.182. The van der Waals surface area contributed by atoms with Crippen LogP contribution in [-0.2, 0) is 0 Å². The standard InChI is InChI=1S/C5H11NO2.C2H6/c7-5-1-3-6(8)4-2-5;1-2/h5,7-8H,1-4H2;1-2H3. The molecule has 1 rings (SSSR count). The maximum atomic E-state index is 8.89. The Kier molecular flexibility index (Phi) is 5.58. The molecule has 0 bridgehead atoms. The Balaban J connectivity index is 0.000000371. The molecule has 0 amide bonds. The molecular formula is C7H17NO2. The summed E-state index contributed by atoms with van der Waals surface area (Å²) in [6.07, 6.45) is 1.23. The van der Waals surface area contributed by atoms with Crippen molar-refractivity contribution in [2.45, 2.75) is 32.8 Å². The average Bonchev–Trinajstić information content (AvgIpc) is 2.00. The van der Waals surface area contributed by atoms with Gasteiger partial charge in [-0.1, -0.05) is 13.8 Å². The molecule has 2 N–H and O–H groups in total. The number of nitrogens with zero attached hydrogens (tertiary/aromatic N) is 1. The molecule has 0 saturated carbocycles. The van der Waals surface area contributed by atoms with Crippen LogP contribution in [0, 0.1) is 0 Å². The first-order chi connectivity index (χ1) is 4.79. The fraction of sp³-hybridized carbons (Fsp3) is 1.00. The number of rotatable bonds is 0. The van der Waals surface area contributed by atoms with Gasteiger partial charge in [0.2, 0.25) is 0 Å². The third-order valence-corrected chi connectivity index (χ3v) is 1.44. The van der Waals surface area contributed by atoms with E-state index in [9.17, 15) is 0 Å². The molecule has 1 heterocycles. The lowest BCUT2D eigenvalue weighted by atomic mass is 10.1. The molecule has 0 aliphatic carbocycles. The van der Waals surface area contributed by atoms with E-state index in [1.807, 2.05) is 13.8 Å². The fourth-order valence-corrected chi connectivity index (χ4v) is 0.852. The van der Waals surface area contributed by atoms with Crippen molar-refractivity contribution >= 4 is 0 Å². The van der Waals surface area contributed by atoms with Crippen LogP contribution in [-0.4, -0.2) is 34.6 Å². The number of hydroxylamine groups is 2. The van der Waals surface area contributed by atoms with Crippen LogP contribution in [0.3, 0.4) is 0 Å². The summed E-state index contributed by atoms with van der Waals surface area (Å²) < 4.78 is 0. The van der Waals surface area contributed by atoms with Gasteiger partial charge in [0.1, 0.15) is 0 Å². The molecule has 3 nitrogen and oxygen atoms in total. The van der Waals surface area contributed by atoms with Crippen molar-refractivity contribution in [2.75, 3.05) is 13.1 Å². The minimum absolute atomic E-state index is 0.182. The second-order valence-electron chi connectivity index (χ2n) is 2.18. The molecule has 0 unspecified atom stereocenters. The molecule has 62 valence electrons. The molecule has 0 aromatic rings. The molecule has 3 heteroatoms. The number of hydrogen-bond donors (Lipinski definition) is 2. The van der Waals surface area contributed by atoms with Gasteiger partial charge >= 0.3 is 0 Å². The Bertz CT molecular complexity index is 60.0. The van der Waals surface area contributed by atoms with E-state index in [2.05, 4.69) is 0 Å². The lowest BCUT2D eigenvalue weighted by Gasteiger charge is -2.23. The largest absolute Gasteiger partial charge is 0.393 e. The van der Waals surface area contributed by atoms with E-state index in [1.165, 1.54) is 5.06 Å². The van der Waals surface area contributed by atoms with Gasteiger partial charge in [-0.2, -0.15) is 5.06 Å². The molecule has 0 aromatic heterocycles. The lowest BCUT2D eigenvalue weighted by molar-refractivity contribution is -0.121. The second-order valence-corrected chi connectivity index (χ2v) is 2.18.